The molecule has 0 aliphatic heterocycles. The first-order valence-corrected chi connectivity index (χ1v) is 6.84. The van der Waals surface area contributed by atoms with Crippen molar-refractivity contribution in [2.75, 3.05) is 13.2 Å². The van der Waals surface area contributed by atoms with E-state index in [-0.39, 0.29) is 24.7 Å². The maximum Gasteiger partial charge on any atom is 0.104 e. The Morgan fingerprint density at radius 1 is 1.22 bits per heavy atom. The molecule has 0 spiro atoms. The first-order valence-electron chi connectivity index (χ1n) is 6.84. The lowest BCUT2D eigenvalue weighted by Gasteiger charge is -2.43. The van der Waals surface area contributed by atoms with E-state index in [0.29, 0.717) is 11.8 Å². The van der Waals surface area contributed by atoms with Crippen molar-refractivity contribution in [3.8, 4) is 0 Å². The van der Waals surface area contributed by atoms with Crippen LogP contribution in [0.5, 0.6) is 0 Å². The lowest BCUT2D eigenvalue weighted by molar-refractivity contribution is -0.118. The highest BCUT2D eigenvalue weighted by atomic mass is 16.5. The second kappa shape index (κ2) is 7.85. The van der Waals surface area contributed by atoms with Crippen LogP contribution in [0.3, 0.4) is 0 Å². The maximum atomic E-state index is 10.1. The van der Waals surface area contributed by atoms with E-state index in [9.17, 15) is 10.0 Å². The van der Waals surface area contributed by atoms with Crippen molar-refractivity contribution in [2.24, 2.45) is 22.4 Å². The van der Waals surface area contributed by atoms with E-state index >= 15 is 0 Å². The zero-order valence-corrected chi connectivity index (χ0v) is 12.6. The van der Waals surface area contributed by atoms with Gasteiger partial charge in [0.15, 0.2) is 0 Å². The second-order valence-corrected chi connectivity index (χ2v) is 6.14. The molecule has 0 heterocycles. The molecule has 1 N–H and O–H groups in total. The lowest BCUT2D eigenvalue weighted by atomic mass is 9.68. The third kappa shape index (κ3) is 5.02. The minimum atomic E-state index is -0.553. The number of nitroso groups, excluding NO2 is 1. The SMILES string of the molecule is CC(C)CC(C)(C(C)C)[C@@H](OCCN=O)C(C)O. The summed E-state index contributed by atoms with van der Waals surface area (Å²) < 4.78 is 5.73. The Hall–Kier alpha value is -0.480. The Morgan fingerprint density at radius 2 is 1.78 bits per heavy atom. The van der Waals surface area contributed by atoms with Gasteiger partial charge in [0.2, 0.25) is 0 Å². The minimum absolute atomic E-state index is 0.106. The topological polar surface area (TPSA) is 58.9 Å². The molecular formula is C14H29NO3. The van der Waals surface area contributed by atoms with Crippen LogP contribution in [0.15, 0.2) is 5.18 Å². The zero-order valence-electron chi connectivity index (χ0n) is 12.6. The summed E-state index contributed by atoms with van der Waals surface area (Å²) in [7, 11) is 0. The highest BCUT2D eigenvalue weighted by Crippen LogP contribution is 2.40. The molecule has 0 aromatic rings. The monoisotopic (exact) mass is 259 g/mol. The fraction of sp³-hybridized carbons (Fsp3) is 1.00. The quantitative estimate of drug-likeness (QED) is 0.511. The van der Waals surface area contributed by atoms with Crippen LogP contribution >= 0.6 is 0 Å². The second-order valence-electron chi connectivity index (χ2n) is 6.14. The van der Waals surface area contributed by atoms with Crippen LogP contribution < -0.4 is 0 Å². The van der Waals surface area contributed by atoms with Crippen molar-refractivity contribution in [3.05, 3.63) is 4.91 Å². The standard InChI is InChI=1S/C14H29NO3/c1-10(2)9-14(6,11(3)4)13(12(5)16)18-8-7-15-17/h10-13,16H,7-9H2,1-6H3/t12?,13-,14?/m0/s1. The Kier molecular flexibility index (Phi) is 7.64. The van der Waals surface area contributed by atoms with Crippen LogP contribution in [0.25, 0.3) is 0 Å². The molecular weight excluding hydrogens is 230 g/mol. The molecule has 0 bridgehead atoms. The number of nitrogens with zero attached hydrogens (tertiary/aromatic N) is 1. The summed E-state index contributed by atoms with van der Waals surface area (Å²) in [5.41, 5.74) is -0.106. The molecule has 0 saturated heterocycles. The molecule has 2 unspecified atom stereocenters. The molecule has 3 atom stereocenters. The summed E-state index contributed by atoms with van der Waals surface area (Å²) in [5, 5.41) is 12.8. The van der Waals surface area contributed by atoms with Gasteiger partial charge in [-0.2, -0.15) is 4.91 Å². The van der Waals surface area contributed by atoms with Gasteiger partial charge in [-0.05, 0) is 30.6 Å². The molecule has 0 aromatic carbocycles. The summed E-state index contributed by atoms with van der Waals surface area (Å²) in [4.78, 5) is 10.1. The summed E-state index contributed by atoms with van der Waals surface area (Å²) in [6.45, 7) is 13.0. The van der Waals surface area contributed by atoms with E-state index in [1.807, 2.05) is 0 Å². The van der Waals surface area contributed by atoms with Gasteiger partial charge >= 0.3 is 0 Å². The van der Waals surface area contributed by atoms with Crippen LogP contribution in [0.1, 0.15) is 48.0 Å². The third-order valence-electron chi connectivity index (χ3n) is 3.74. The molecule has 4 heteroatoms. The van der Waals surface area contributed by atoms with Crippen molar-refractivity contribution in [3.63, 3.8) is 0 Å². The van der Waals surface area contributed by atoms with Gasteiger partial charge in [0, 0.05) is 0 Å². The van der Waals surface area contributed by atoms with E-state index < -0.39 is 6.10 Å². The average Bonchev–Trinajstić information content (AvgIpc) is 2.22. The Balaban J connectivity index is 4.91. The van der Waals surface area contributed by atoms with Gasteiger partial charge < -0.3 is 9.84 Å². The highest BCUT2D eigenvalue weighted by molar-refractivity contribution is 4.90. The number of rotatable bonds is 9. The number of ether oxygens (including phenoxy) is 1. The van der Waals surface area contributed by atoms with Gasteiger partial charge in [0.25, 0.3) is 0 Å². The third-order valence-corrected chi connectivity index (χ3v) is 3.74. The summed E-state index contributed by atoms with van der Waals surface area (Å²) in [6.07, 6.45) is 0.166. The van der Waals surface area contributed by atoms with E-state index in [4.69, 9.17) is 4.74 Å². The smallest absolute Gasteiger partial charge is 0.104 e. The molecule has 0 aliphatic carbocycles. The molecule has 0 saturated carbocycles. The highest BCUT2D eigenvalue weighted by Gasteiger charge is 2.40. The first kappa shape index (κ1) is 17.5. The fourth-order valence-corrected chi connectivity index (χ4v) is 2.66. The van der Waals surface area contributed by atoms with Crippen LogP contribution in [0, 0.1) is 22.2 Å². The predicted octanol–water partition coefficient (Wildman–Crippen LogP) is 3.23. The van der Waals surface area contributed by atoms with Crippen LogP contribution in [-0.2, 0) is 4.74 Å². The number of hydrogen-bond donors (Lipinski definition) is 1. The van der Waals surface area contributed by atoms with Gasteiger partial charge in [-0.25, -0.2) is 0 Å². The molecule has 0 fully saturated rings. The largest absolute Gasteiger partial charge is 0.391 e. The molecule has 0 aromatic heterocycles. The summed E-state index contributed by atoms with van der Waals surface area (Å²) in [6, 6.07) is 0. The Bertz CT molecular complexity index is 241. The summed E-state index contributed by atoms with van der Waals surface area (Å²) in [5.74, 6) is 0.926. The molecule has 108 valence electrons. The molecule has 0 rings (SSSR count). The fourth-order valence-electron chi connectivity index (χ4n) is 2.66. The van der Waals surface area contributed by atoms with E-state index in [0.717, 1.165) is 6.42 Å². The van der Waals surface area contributed by atoms with Crippen molar-refractivity contribution in [1.82, 2.24) is 0 Å². The molecule has 4 nitrogen and oxygen atoms in total. The lowest BCUT2D eigenvalue weighted by Crippen LogP contribution is -2.46. The zero-order chi connectivity index (χ0) is 14.3. The Labute approximate surface area is 111 Å². The van der Waals surface area contributed by atoms with Gasteiger partial charge in [-0.1, -0.05) is 39.8 Å². The number of hydrogen-bond acceptors (Lipinski definition) is 4. The molecule has 0 amide bonds. The molecule has 0 aliphatic rings. The van der Waals surface area contributed by atoms with Gasteiger partial charge in [-0.3, -0.25) is 0 Å². The number of aliphatic hydroxyl groups excluding tert-OH is 1. The van der Waals surface area contributed by atoms with Crippen molar-refractivity contribution >= 4 is 0 Å². The van der Waals surface area contributed by atoms with Crippen molar-refractivity contribution < 1.29 is 9.84 Å². The van der Waals surface area contributed by atoms with Gasteiger partial charge in [0.05, 0.1) is 18.8 Å². The number of aliphatic hydroxyl groups is 1. The molecule has 18 heavy (non-hydrogen) atoms. The normalized spacial score (nSPS) is 18.7. The molecule has 0 radical (unpaired) electrons. The van der Waals surface area contributed by atoms with E-state index in [1.54, 1.807) is 6.92 Å². The van der Waals surface area contributed by atoms with E-state index in [2.05, 4.69) is 39.8 Å². The minimum Gasteiger partial charge on any atom is -0.391 e. The predicted molar refractivity (Wildman–Crippen MR) is 74.5 cm³/mol. The van der Waals surface area contributed by atoms with Crippen LogP contribution in [0.2, 0.25) is 0 Å². The van der Waals surface area contributed by atoms with Crippen molar-refractivity contribution in [2.45, 2.75) is 60.2 Å². The van der Waals surface area contributed by atoms with Crippen molar-refractivity contribution in [1.29, 1.82) is 0 Å². The van der Waals surface area contributed by atoms with Gasteiger partial charge in [-0.15, -0.1) is 0 Å². The first-order chi connectivity index (χ1) is 8.25. The van der Waals surface area contributed by atoms with E-state index in [1.165, 1.54) is 0 Å². The van der Waals surface area contributed by atoms with Crippen LogP contribution in [0.4, 0.5) is 0 Å². The summed E-state index contributed by atoms with van der Waals surface area (Å²) >= 11 is 0. The van der Waals surface area contributed by atoms with Gasteiger partial charge in [0.1, 0.15) is 6.54 Å². The Morgan fingerprint density at radius 3 is 2.11 bits per heavy atom. The maximum absolute atomic E-state index is 10.1. The average molecular weight is 259 g/mol. The van der Waals surface area contributed by atoms with Crippen LogP contribution in [-0.4, -0.2) is 30.5 Å².